The maximum absolute atomic E-state index is 11.6. The highest BCUT2D eigenvalue weighted by Crippen LogP contribution is 2.54. The molecular formula is C32H24N4O6. The Balaban J connectivity index is 1.06. The van der Waals surface area contributed by atoms with E-state index in [1.807, 2.05) is 60.7 Å². The molecule has 0 amide bonds. The van der Waals surface area contributed by atoms with E-state index in [1.54, 1.807) is 24.9 Å². The second-order valence-electron chi connectivity index (χ2n) is 10.8. The number of ether oxygens (including phenoxy) is 2. The highest BCUT2D eigenvalue weighted by Gasteiger charge is 2.51. The van der Waals surface area contributed by atoms with Gasteiger partial charge in [-0.2, -0.15) is 0 Å². The summed E-state index contributed by atoms with van der Waals surface area (Å²) in [6.45, 7) is 0. The van der Waals surface area contributed by atoms with Crippen molar-refractivity contribution in [2.45, 2.75) is 36.5 Å². The summed E-state index contributed by atoms with van der Waals surface area (Å²) < 4.78 is 23.3. The molecule has 6 heterocycles. The first-order valence-electron chi connectivity index (χ1n) is 13.8. The topological polar surface area (TPSA) is 135 Å². The van der Waals surface area contributed by atoms with Gasteiger partial charge in [0.1, 0.15) is 0 Å². The van der Waals surface area contributed by atoms with Gasteiger partial charge >= 0.3 is 0 Å². The zero-order valence-corrected chi connectivity index (χ0v) is 22.0. The molecule has 10 heteroatoms. The van der Waals surface area contributed by atoms with Gasteiger partial charge in [-0.05, 0) is 70.4 Å². The summed E-state index contributed by atoms with van der Waals surface area (Å²) in [5.74, 6) is 1.24. The van der Waals surface area contributed by atoms with Crippen LogP contribution in [-0.4, -0.2) is 32.4 Å². The number of hydrogen-bond donors (Lipinski definition) is 4. The van der Waals surface area contributed by atoms with E-state index in [1.165, 1.54) is 0 Å². The van der Waals surface area contributed by atoms with E-state index >= 15 is 0 Å². The van der Waals surface area contributed by atoms with Crippen LogP contribution in [0.2, 0.25) is 0 Å². The van der Waals surface area contributed by atoms with E-state index < -0.39 is 36.5 Å². The van der Waals surface area contributed by atoms with Gasteiger partial charge in [-0.15, -0.1) is 0 Å². The van der Waals surface area contributed by atoms with Crippen LogP contribution in [0.1, 0.15) is 46.9 Å². The molecule has 3 aliphatic rings. The zero-order valence-electron chi connectivity index (χ0n) is 22.0. The molecule has 1 saturated carbocycles. The summed E-state index contributed by atoms with van der Waals surface area (Å²) in [5.41, 5.74) is 3.37. The number of nitrogens with zero attached hydrogens (tertiary/aromatic N) is 2. The fourth-order valence-electron chi connectivity index (χ4n) is 6.73. The Kier molecular flexibility index (Phi) is 4.90. The maximum Gasteiger partial charge on any atom is 0.230 e. The predicted octanol–water partition coefficient (Wildman–Crippen LogP) is 5.58. The van der Waals surface area contributed by atoms with E-state index in [-0.39, 0.29) is 0 Å². The Morgan fingerprint density at radius 1 is 0.595 bits per heavy atom. The minimum atomic E-state index is -0.822. The lowest BCUT2D eigenvalue weighted by atomic mass is 9.62. The van der Waals surface area contributed by atoms with Crippen molar-refractivity contribution in [3.63, 3.8) is 0 Å². The molecule has 4 aromatic heterocycles. The number of aromatic nitrogens is 2. The monoisotopic (exact) mass is 560 g/mol. The molecule has 0 saturated heterocycles. The second-order valence-corrected chi connectivity index (χ2v) is 10.8. The molecule has 208 valence electrons. The number of aliphatic hydroxyl groups excluding tert-OH is 2. The van der Waals surface area contributed by atoms with Gasteiger partial charge in [0.2, 0.25) is 24.2 Å². The molecule has 0 bridgehead atoms. The van der Waals surface area contributed by atoms with Crippen molar-refractivity contribution in [2.24, 2.45) is 0 Å². The van der Waals surface area contributed by atoms with Crippen LogP contribution < -0.4 is 20.1 Å². The first-order chi connectivity index (χ1) is 20.7. The molecule has 2 aromatic carbocycles. The SMILES string of the molecule is OC1C(c2ccc3c4c(nccc24)OC(c2ccco2)N3)C(O)C1c1ccc2c3c(nccc13)OC(c1ccco1)N2. The molecule has 2 aliphatic heterocycles. The molecule has 2 atom stereocenters. The number of aliphatic hydroxyl groups is 2. The van der Waals surface area contributed by atoms with E-state index in [9.17, 15) is 10.2 Å². The van der Waals surface area contributed by atoms with Crippen molar-refractivity contribution in [2.75, 3.05) is 10.6 Å². The lowest BCUT2D eigenvalue weighted by Crippen LogP contribution is -2.51. The minimum absolute atomic E-state index is 0.473. The van der Waals surface area contributed by atoms with Crippen molar-refractivity contribution in [3.05, 3.63) is 108 Å². The number of rotatable bonds is 4. The Morgan fingerprint density at radius 3 is 1.50 bits per heavy atom. The third-order valence-electron chi connectivity index (χ3n) is 8.68. The van der Waals surface area contributed by atoms with Gasteiger partial charge in [-0.1, -0.05) is 12.1 Å². The van der Waals surface area contributed by atoms with Gasteiger partial charge in [0.05, 0.1) is 46.9 Å². The van der Waals surface area contributed by atoms with Gasteiger partial charge in [0.25, 0.3) is 0 Å². The van der Waals surface area contributed by atoms with E-state index in [2.05, 4.69) is 20.6 Å². The smallest absolute Gasteiger partial charge is 0.230 e. The number of pyridine rings is 2. The van der Waals surface area contributed by atoms with Crippen LogP contribution in [-0.2, 0) is 0 Å². The number of nitrogens with one attached hydrogen (secondary N) is 2. The number of furan rings is 2. The van der Waals surface area contributed by atoms with Crippen LogP contribution in [0.3, 0.4) is 0 Å². The molecule has 1 aliphatic carbocycles. The summed E-state index contributed by atoms with van der Waals surface area (Å²) >= 11 is 0. The highest BCUT2D eigenvalue weighted by molar-refractivity contribution is 6.02. The molecule has 6 aromatic rings. The third kappa shape index (κ3) is 3.27. The number of hydrogen-bond acceptors (Lipinski definition) is 10. The standard InChI is InChI=1S/C32H24N4O6/c37-27-25(15-5-7-19-23-17(15)9-11-33-31(23)41-29(35-19)21-3-1-13-39-21)28(38)26(27)16-6-8-20-24-18(16)10-12-34-32(24)42-30(36-20)22-4-2-14-40-22/h1-14,25-30,35-38H. The zero-order chi connectivity index (χ0) is 27.9. The quantitative estimate of drug-likeness (QED) is 0.216. The maximum atomic E-state index is 11.6. The molecule has 10 nitrogen and oxygen atoms in total. The summed E-state index contributed by atoms with van der Waals surface area (Å²) in [6.07, 6.45) is 3.92. The largest absolute Gasteiger partial charge is 0.463 e. The number of benzene rings is 2. The summed E-state index contributed by atoms with van der Waals surface area (Å²) in [7, 11) is 0. The van der Waals surface area contributed by atoms with Gasteiger partial charge in [-0.25, -0.2) is 9.97 Å². The molecule has 4 N–H and O–H groups in total. The lowest BCUT2D eigenvalue weighted by Gasteiger charge is -2.48. The van der Waals surface area contributed by atoms with Crippen LogP contribution in [0.25, 0.3) is 21.5 Å². The lowest BCUT2D eigenvalue weighted by molar-refractivity contribution is -0.0775. The van der Waals surface area contributed by atoms with E-state index in [0.717, 1.165) is 44.0 Å². The summed E-state index contributed by atoms with van der Waals surface area (Å²) in [4.78, 5) is 8.94. The van der Waals surface area contributed by atoms with Gasteiger partial charge < -0.3 is 39.2 Å². The molecule has 2 unspecified atom stereocenters. The first kappa shape index (κ1) is 23.6. The van der Waals surface area contributed by atoms with Gasteiger partial charge in [0.15, 0.2) is 11.5 Å². The van der Waals surface area contributed by atoms with Crippen molar-refractivity contribution in [1.82, 2.24) is 9.97 Å². The van der Waals surface area contributed by atoms with Crippen LogP contribution in [0.5, 0.6) is 11.8 Å². The van der Waals surface area contributed by atoms with Crippen molar-refractivity contribution in [1.29, 1.82) is 0 Å². The first-order valence-corrected chi connectivity index (χ1v) is 13.8. The summed E-state index contributed by atoms with van der Waals surface area (Å²) in [6, 6.07) is 18.9. The van der Waals surface area contributed by atoms with Crippen molar-refractivity contribution < 1.29 is 28.5 Å². The van der Waals surface area contributed by atoms with Crippen LogP contribution in [0, 0.1) is 0 Å². The molecular weight excluding hydrogens is 536 g/mol. The molecule has 0 radical (unpaired) electrons. The molecule has 1 fully saturated rings. The van der Waals surface area contributed by atoms with E-state index in [4.69, 9.17) is 18.3 Å². The fourth-order valence-corrected chi connectivity index (χ4v) is 6.73. The average molecular weight is 561 g/mol. The second kappa shape index (κ2) is 8.72. The average Bonchev–Trinajstić information content (AvgIpc) is 3.75. The van der Waals surface area contributed by atoms with Gasteiger partial charge in [0, 0.05) is 24.2 Å². The van der Waals surface area contributed by atoms with Crippen LogP contribution in [0.4, 0.5) is 11.4 Å². The summed E-state index contributed by atoms with van der Waals surface area (Å²) in [5, 5.41) is 33.3. The molecule has 42 heavy (non-hydrogen) atoms. The van der Waals surface area contributed by atoms with Crippen LogP contribution >= 0.6 is 0 Å². The Labute approximate surface area is 238 Å². The highest BCUT2D eigenvalue weighted by atomic mass is 16.5. The molecule has 0 spiro atoms. The Bertz CT molecular complexity index is 1800. The van der Waals surface area contributed by atoms with Crippen molar-refractivity contribution in [3.8, 4) is 11.8 Å². The fraction of sp³-hybridized carbons (Fsp3) is 0.188. The molecule has 9 rings (SSSR count). The normalized spacial score (nSPS) is 25.7. The predicted molar refractivity (Wildman–Crippen MR) is 152 cm³/mol. The van der Waals surface area contributed by atoms with E-state index in [0.29, 0.717) is 23.3 Å². The van der Waals surface area contributed by atoms with Gasteiger partial charge in [-0.3, -0.25) is 0 Å². The Morgan fingerprint density at radius 2 is 1.07 bits per heavy atom. The number of anilines is 2. The third-order valence-corrected chi connectivity index (χ3v) is 8.68. The van der Waals surface area contributed by atoms with Crippen LogP contribution in [0.15, 0.2) is 94.4 Å². The van der Waals surface area contributed by atoms with Crippen molar-refractivity contribution >= 4 is 32.9 Å². The minimum Gasteiger partial charge on any atom is -0.463 e. The Hall–Kier alpha value is -5.06.